The lowest BCUT2D eigenvalue weighted by atomic mass is 10.2. The van der Waals surface area contributed by atoms with E-state index in [1.807, 2.05) is 6.92 Å². The van der Waals surface area contributed by atoms with E-state index in [4.69, 9.17) is 25.6 Å². The van der Waals surface area contributed by atoms with Crippen LogP contribution in [0.2, 0.25) is 0 Å². The van der Waals surface area contributed by atoms with Crippen LogP contribution in [-0.2, 0) is 10.1 Å². The number of aromatic hydroxyl groups is 1. The molecular weight excluding hydrogens is 376 g/mol. The first kappa shape index (κ1) is 21.9. The Labute approximate surface area is 156 Å². The molecule has 0 atom stereocenters. The number of aryl methyl sites for hydroxylation is 1. The van der Waals surface area contributed by atoms with Crippen molar-refractivity contribution in [1.82, 2.24) is 5.17 Å². The normalized spacial score (nSPS) is 10.8. The molecule has 0 saturated heterocycles. The highest BCUT2D eigenvalue weighted by molar-refractivity contribution is 7.85. The fourth-order valence-corrected chi connectivity index (χ4v) is 2.18. The van der Waals surface area contributed by atoms with Crippen LogP contribution in [0.15, 0.2) is 52.5 Å². The second kappa shape index (κ2) is 9.52. The third kappa shape index (κ3) is 6.93. The number of ether oxygens (including phenoxy) is 1. The van der Waals surface area contributed by atoms with Gasteiger partial charge in [0.05, 0.1) is 18.2 Å². The maximum Gasteiger partial charge on any atom is 0.294 e. The van der Waals surface area contributed by atoms with Crippen molar-refractivity contribution in [3.05, 3.63) is 53.6 Å². The van der Waals surface area contributed by atoms with Crippen LogP contribution in [0.1, 0.15) is 11.1 Å². The number of nitrogens with zero attached hydrogens (tertiary/aromatic N) is 2. The van der Waals surface area contributed by atoms with Crippen molar-refractivity contribution in [2.45, 2.75) is 11.8 Å². The number of hydrazone groups is 1. The first-order chi connectivity index (χ1) is 12.6. The average molecular weight is 396 g/mol. The van der Waals surface area contributed by atoms with E-state index in [2.05, 4.69) is 5.10 Å². The van der Waals surface area contributed by atoms with E-state index in [0.29, 0.717) is 5.56 Å². The van der Waals surface area contributed by atoms with Crippen LogP contribution < -0.4 is 10.5 Å². The third-order valence-corrected chi connectivity index (χ3v) is 3.96. The van der Waals surface area contributed by atoms with Gasteiger partial charge < -0.3 is 15.6 Å². The maximum absolute atomic E-state index is 10.5. The van der Waals surface area contributed by atoms with Gasteiger partial charge in [-0.05, 0) is 31.2 Å². The van der Waals surface area contributed by atoms with Crippen molar-refractivity contribution in [3.63, 3.8) is 0 Å². The summed E-state index contributed by atoms with van der Waals surface area (Å²) in [7, 11) is -2.60. The van der Waals surface area contributed by atoms with Gasteiger partial charge in [0, 0.05) is 5.56 Å². The molecule has 11 heteroatoms. The Balaban J connectivity index is 0.000000289. The molecule has 0 spiro atoms. The van der Waals surface area contributed by atoms with Crippen LogP contribution in [-0.4, -0.2) is 47.7 Å². The summed E-state index contributed by atoms with van der Waals surface area (Å²) in [4.78, 5) is -0.0666. The van der Waals surface area contributed by atoms with Crippen LogP contribution >= 0.6 is 0 Å². The summed E-state index contributed by atoms with van der Waals surface area (Å²) >= 11 is 0. The fraction of sp³-hybridized carbons (Fsp3) is 0.125. The number of benzene rings is 2. The second-order valence-electron chi connectivity index (χ2n) is 5.11. The lowest BCUT2D eigenvalue weighted by Gasteiger charge is -2.07. The van der Waals surface area contributed by atoms with Gasteiger partial charge in [-0.2, -0.15) is 13.5 Å². The first-order valence-corrected chi connectivity index (χ1v) is 8.77. The molecule has 0 aliphatic rings. The number of guanidine groups is 1. The Morgan fingerprint density at radius 2 is 1.85 bits per heavy atom. The molecule has 6 N–H and O–H groups in total. The lowest BCUT2D eigenvalue weighted by Crippen LogP contribution is -2.28. The van der Waals surface area contributed by atoms with Crippen LogP contribution in [0.5, 0.6) is 11.5 Å². The molecule has 27 heavy (non-hydrogen) atoms. The summed E-state index contributed by atoms with van der Waals surface area (Å²) in [6, 6.07) is 10.8. The largest absolute Gasteiger partial charge is 0.504 e. The molecule has 2 aromatic carbocycles. The minimum absolute atomic E-state index is 0.0666. The standard InChI is InChI=1S/C9H12N4O3.C7H8O3S/c1-16-7-4-2-3-6(8(7)14)5-12-13(15)9(10)11;1-6-2-4-7(5-3-6)11(8,9)10/h2-5,14-15H,1H3,(H3,10,11);2-5H,1H3,(H,8,9,10). The van der Waals surface area contributed by atoms with Crippen molar-refractivity contribution >= 4 is 22.3 Å². The molecule has 0 radical (unpaired) electrons. The average Bonchev–Trinajstić information content (AvgIpc) is 2.60. The zero-order chi connectivity index (χ0) is 20.6. The Hall–Kier alpha value is -3.15. The zero-order valence-corrected chi connectivity index (χ0v) is 15.4. The monoisotopic (exact) mass is 396 g/mol. The number of phenols is 1. The van der Waals surface area contributed by atoms with Crippen molar-refractivity contribution in [2.24, 2.45) is 10.8 Å². The van der Waals surface area contributed by atoms with E-state index in [1.165, 1.54) is 19.2 Å². The summed E-state index contributed by atoms with van der Waals surface area (Å²) in [6.45, 7) is 1.84. The highest BCUT2D eigenvalue weighted by atomic mass is 32.2. The van der Waals surface area contributed by atoms with Crippen LogP contribution in [0.25, 0.3) is 0 Å². The molecule has 0 bridgehead atoms. The van der Waals surface area contributed by atoms with Crippen molar-refractivity contribution in [1.29, 1.82) is 5.41 Å². The molecule has 0 fully saturated rings. The summed E-state index contributed by atoms with van der Waals surface area (Å²) < 4.78 is 34.4. The van der Waals surface area contributed by atoms with Gasteiger partial charge in [-0.15, -0.1) is 5.17 Å². The molecule has 2 rings (SSSR count). The van der Waals surface area contributed by atoms with Crippen molar-refractivity contribution < 1.29 is 28.0 Å². The van der Waals surface area contributed by atoms with Crippen LogP contribution in [0.4, 0.5) is 0 Å². The van der Waals surface area contributed by atoms with Gasteiger partial charge in [0.2, 0.25) is 5.96 Å². The molecule has 0 aliphatic carbocycles. The SMILES string of the molecule is COc1cccc(C=NN(O)C(=N)N)c1O.Cc1ccc(S(=O)(=O)O)cc1. The maximum atomic E-state index is 10.5. The van der Waals surface area contributed by atoms with Gasteiger partial charge in [-0.3, -0.25) is 15.2 Å². The molecule has 2 aromatic rings. The number of methoxy groups -OCH3 is 1. The number of rotatable bonds is 4. The van der Waals surface area contributed by atoms with Crippen molar-refractivity contribution in [3.8, 4) is 11.5 Å². The van der Waals surface area contributed by atoms with Crippen molar-refractivity contribution in [2.75, 3.05) is 7.11 Å². The Bertz CT molecular complexity index is 913. The number of hydroxylamine groups is 1. The second-order valence-corrected chi connectivity index (χ2v) is 6.53. The van der Waals surface area contributed by atoms with Gasteiger partial charge in [0.15, 0.2) is 11.5 Å². The van der Waals surface area contributed by atoms with E-state index in [0.717, 1.165) is 11.8 Å². The van der Waals surface area contributed by atoms with E-state index < -0.39 is 16.1 Å². The van der Waals surface area contributed by atoms with Crippen LogP contribution in [0, 0.1) is 12.3 Å². The summed E-state index contributed by atoms with van der Waals surface area (Å²) in [5.74, 6) is -0.444. The molecule has 10 nitrogen and oxygen atoms in total. The number of para-hydroxylation sites is 1. The topological polar surface area (TPSA) is 170 Å². The van der Waals surface area contributed by atoms with Crippen LogP contribution in [0.3, 0.4) is 0 Å². The quantitative estimate of drug-likeness (QED) is 0.224. The highest BCUT2D eigenvalue weighted by Gasteiger charge is 2.07. The molecular formula is C16H20N4O6S. The summed E-state index contributed by atoms with van der Waals surface area (Å²) in [5.41, 5.74) is 6.24. The van der Waals surface area contributed by atoms with Gasteiger partial charge in [0.1, 0.15) is 0 Å². The number of hydrogen-bond acceptors (Lipinski definition) is 7. The molecule has 146 valence electrons. The highest BCUT2D eigenvalue weighted by Crippen LogP contribution is 2.27. The fourth-order valence-electron chi connectivity index (χ4n) is 1.70. The van der Waals surface area contributed by atoms with E-state index in [9.17, 15) is 13.5 Å². The molecule has 0 amide bonds. The Kier molecular flexibility index (Phi) is 7.72. The molecule has 0 saturated carbocycles. The number of nitrogens with one attached hydrogen (secondary N) is 1. The molecule has 0 aliphatic heterocycles. The third-order valence-electron chi connectivity index (χ3n) is 3.09. The zero-order valence-electron chi connectivity index (χ0n) is 14.6. The Morgan fingerprint density at radius 1 is 1.26 bits per heavy atom. The van der Waals surface area contributed by atoms with Gasteiger partial charge in [-0.1, -0.05) is 23.8 Å². The molecule has 0 heterocycles. The lowest BCUT2D eigenvalue weighted by molar-refractivity contribution is -0.0139. The summed E-state index contributed by atoms with van der Waals surface area (Å²) in [6.07, 6.45) is 1.15. The number of phenolic OH excluding ortho intramolecular Hbond substituents is 1. The number of nitrogens with two attached hydrogens (primary N) is 1. The molecule has 0 unspecified atom stereocenters. The van der Waals surface area contributed by atoms with E-state index >= 15 is 0 Å². The summed E-state index contributed by atoms with van der Waals surface area (Å²) in [5, 5.41) is 29.1. The first-order valence-electron chi connectivity index (χ1n) is 7.33. The predicted octanol–water partition coefficient (Wildman–Crippen LogP) is 1.56. The van der Waals surface area contributed by atoms with Gasteiger partial charge in [0.25, 0.3) is 10.1 Å². The predicted molar refractivity (Wildman–Crippen MR) is 98.8 cm³/mol. The number of hydrogen-bond donors (Lipinski definition) is 5. The molecule has 0 aromatic heterocycles. The Morgan fingerprint density at radius 3 is 2.33 bits per heavy atom. The smallest absolute Gasteiger partial charge is 0.294 e. The van der Waals surface area contributed by atoms with Gasteiger partial charge in [-0.25, -0.2) is 0 Å². The minimum Gasteiger partial charge on any atom is -0.504 e. The van der Waals surface area contributed by atoms with E-state index in [1.54, 1.807) is 30.3 Å². The van der Waals surface area contributed by atoms with Gasteiger partial charge >= 0.3 is 0 Å². The minimum atomic E-state index is -4.02. The van der Waals surface area contributed by atoms with E-state index in [-0.39, 0.29) is 21.6 Å².